The number of hydrogen-bond acceptors (Lipinski definition) is 6. The van der Waals surface area contributed by atoms with E-state index in [2.05, 4.69) is 10.6 Å². The first kappa shape index (κ1) is 19.3. The lowest BCUT2D eigenvalue weighted by molar-refractivity contribution is -0.120. The van der Waals surface area contributed by atoms with Gasteiger partial charge < -0.3 is 29.6 Å². The Hall–Kier alpha value is -3.42. The molecule has 0 saturated carbocycles. The van der Waals surface area contributed by atoms with Gasteiger partial charge in [-0.2, -0.15) is 0 Å². The molecule has 0 aromatic heterocycles. The Balaban J connectivity index is 1.42. The van der Waals surface area contributed by atoms with E-state index in [4.69, 9.17) is 18.9 Å². The Kier molecular flexibility index (Phi) is 6.21. The quantitative estimate of drug-likeness (QED) is 0.668. The van der Waals surface area contributed by atoms with Crippen molar-refractivity contribution in [3.8, 4) is 23.0 Å². The molecule has 0 fully saturated rings. The zero-order valence-electron chi connectivity index (χ0n) is 15.7. The molecular formula is C20H22N2O6. The average molecular weight is 386 g/mol. The first-order chi connectivity index (χ1) is 13.6. The van der Waals surface area contributed by atoms with Gasteiger partial charge in [-0.3, -0.25) is 9.59 Å². The average Bonchev–Trinajstić information content (AvgIpc) is 3.18. The van der Waals surface area contributed by atoms with Crippen LogP contribution in [0.25, 0.3) is 0 Å². The van der Waals surface area contributed by atoms with Crippen LogP contribution >= 0.6 is 0 Å². The number of amides is 2. The van der Waals surface area contributed by atoms with E-state index in [-0.39, 0.29) is 25.0 Å². The lowest BCUT2D eigenvalue weighted by atomic mass is 10.1. The SMILES string of the molecule is COc1ccc(CC(=O)NCCNC(=O)c2ccc3c(c2)OCO3)cc1OC. The predicted octanol–water partition coefficient (Wildman–Crippen LogP) is 1.52. The largest absolute Gasteiger partial charge is 0.493 e. The maximum absolute atomic E-state index is 12.2. The summed E-state index contributed by atoms with van der Waals surface area (Å²) in [4.78, 5) is 24.2. The Morgan fingerprint density at radius 3 is 2.46 bits per heavy atom. The van der Waals surface area contributed by atoms with E-state index >= 15 is 0 Å². The molecule has 148 valence electrons. The van der Waals surface area contributed by atoms with Gasteiger partial charge in [-0.1, -0.05) is 6.07 Å². The molecular weight excluding hydrogens is 364 g/mol. The minimum Gasteiger partial charge on any atom is -0.493 e. The molecule has 3 rings (SSSR count). The van der Waals surface area contributed by atoms with Gasteiger partial charge >= 0.3 is 0 Å². The lowest BCUT2D eigenvalue weighted by Crippen LogP contribution is -2.35. The van der Waals surface area contributed by atoms with E-state index in [1.807, 2.05) is 6.07 Å². The maximum Gasteiger partial charge on any atom is 0.251 e. The summed E-state index contributed by atoms with van der Waals surface area (Å²) in [5.41, 5.74) is 1.28. The van der Waals surface area contributed by atoms with E-state index < -0.39 is 0 Å². The zero-order chi connectivity index (χ0) is 19.9. The summed E-state index contributed by atoms with van der Waals surface area (Å²) in [6.45, 7) is 0.792. The van der Waals surface area contributed by atoms with Gasteiger partial charge in [-0.15, -0.1) is 0 Å². The lowest BCUT2D eigenvalue weighted by Gasteiger charge is -2.10. The summed E-state index contributed by atoms with van der Waals surface area (Å²) in [6.07, 6.45) is 0.205. The van der Waals surface area contributed by atoms with Crippen molar-refractivity contribution in [2.24, 2.45) is 0 Å². The number of methoxy groups -OCH3 is 2. The molecule has 2 amide bonds. The van der Waals surface area contributed by atoms with Crippen molar-refractivity contribution in [3.05, 3.63) is 47.5 Å². The summed E-state index contributed by atoms with van der Waals surface area (Å²) in [7, 11) is 3.10. The van der Waals surface area contributed by atoms with Crippen molar-refractivity contribution in [1.82, 2.24) is 10.6 Å². The fraction of sp³-hybridized carbons (Fsp3) is 0.300. The van der Waals surface area contributed by atoms with Gasteiger partial charge in [0, 0.05) is 18.7 Å². The van der Waals surface area contributed by atoms with Crippen LogP contribution in [0.3, 0.4) is 0 Å². The minimum atomic E-state index is -0.243. The van der Waals surface area contributed by atoms with Crippen molar-refractivity contribution >= 4 is 11.8 Å². The number of fused-ring (bicyclic) bond motifs is 1. The van der Waals surface area contributed by atoms with Crippen molar-refractivity contribution in [1.29, 1.82) is 0 Å². The van der Waals surface area contributed by atoms with Crippen molar-refractivity contribution in [2.45, 2.75) is 6.42 Å². The van der Waals surface area contributed by atoms with E-state index in [0.29, 0.717) is 41.7 Å². The first-order valence-corrected chi connectivity index (χ1v) is 8.76. The molecule has 8 heteroatoms. The molecule has 1 aliphatic rings. The van der Waals surface area contributed by atoms with Crippen molar-refractivity contribution in [3.63, 3.8) is 0 Å². The third kappa shape index (κ3) is 4.64. The van der Waals surface area contributed by atoms with E-state index in [1.54, 1.807) is 44.6 Å². The highest BCUT2D eigenvalue weighted by Crippen LogP contribution is 2.32. The Labute approximate surface area is 162 Å². The number of carbonyl (C=O) groups is 2. The molecule has 28 heavy (non-hydrogen) atoms. The van der Waals surface area contributed by atoms with Crippen LogP contribution in [0.15, 0.2) is 36.4 Å². The van der Waals surface area contributed by atoms with Crippen LogP contribution in [0, 0.1) is 0 Å². The van der Waals surface area contributed by atoms with E-state index in [0.717, 1.165) is 5.56 Å². The number of rotatable bonds is 8. The van der Waals surface area contributed by atoms with Crippen molar-refractivity contribution in [2.75, 3.05) is 34.1 Å². The van der Waals surface area contributed by atoms with Gasteiger partial charge in [0.25, 0.3) is 5.91 Å². The molecule has 0 bridgehead atoms. The topological polar surface area (TPSA) is 95.1 Å². The van der Waals surface area contributed by atoms with Crippen molar-refractivity contribution < 1.29 is 28.5 Å². The second kappa shape index (κ2) is 8.98. The Morgan fingerprint density at radius 1 is 0.929 bits per heavy atom. The van der Waals surface area contributed by atoms with Crippen LogP contribution in [0.5, 0.6) is 23.0 Å². The van der Waals surface area contributed by atoms with E-state index in [1.165, 1.54) is 0 Å². The number of benzene rings is 2. The second-order valence-electron chi connectivity index (χ2n) is 6.04. The molecule has 2 aromatic rings. The number of ether oxygens (including phenoxy) is 4. The van der Waals surface area contributed by atoms with Crippen LogP contribution in [-0.4, -0.2) is 45.9 Å². The zero-order valence-corrected chi connectivity index (χ0v) is 15.7. The van der Waals surface area contributed by atoms with Gasteiger partial charge in [0.05, 0.1) is 20.6 Å². The summed E-state index contributed by atoms with van der Waals surface area (Å²) in [6, 6.07) is 10.3. The summed E-state index contributed by atoms with van der Waals surface area (Å²) in [5, 5.41) is 5.53. The molecule has 0 aliphatic carbocycles. The summed E-state index contributed by atoms with van der Waals surface area (Å²) >= 11 is 0. The van der Waals surface area contributed by atoms with Crippen LogP contribution in [0.1, 0.15) is 15.9 Å². The molecule has 0 spiro atoms. The van der Waals surface area contributed by atoms with E-state index in [9.17, 15) is 9.59 Å². The molecule has 0 unspecified atom stereocenters. The molecule has 1 aliphatic heterocycles. The Morgan fingerprint density at radius 2 is 1.68 bits per heavy atom. The first-order valence-electron chi connectivity index (χ1n) is 8.76. The summed E-state index contributed by atoms with van der Waals surface area (Å²) in [5.74, 6) is 1.97. The molecule has 2 N–H and O–H groups in total. The van der Waals surface area contributed by atoms with Crippen LogP contribution < -0.4 is 29.6 Å². The normalized spacial score (nSPS) is 11.6. The van der Waals surface area contributed by atoms with Gasteiger partial charge in [-0.25, -0.2) is 0 Å². The fourth-order valence-electron chi connectivity index (χ4n) is 2.76. The fourth-order valence-corrected chi connectivity index (χ4v) is 2.76. The van der Waals surface area contributed by atoms with Gasteiger partial charge in [0.1, 0.15) is 0 Å². The maximum atomic E-state index is 12.2. The molecule has 0 atom stereocenters. The van der Waals surface area contributed by atoms with Crippen LogP contribution in [-0.2, 0) is 11.2 Å². The molecule has 8 nitrogen and oxygen atoms in total. The number of carbonyl (C=O) groups excluding carboxylic acids is 2. The Bertz CT molecular complexity index is 868. The number of hydrogen-bond donors (Lipinski definition) is 2. The summed E-state index contributed by atoms with van der Waals surface area (Å²) < 4.78 is 20.9. The third-order valence-electron chi connectivity index (χ3n) is 4.18. The molecule has 2 aromatic carbocycles. The second-order valence-corrected chi connectivity index (χ2v) is 6.04. The van der Waals surface area contributed by atoms with Gasteiger partial charge in [-0.05, 0) is 35.9 Å². The minimum absolute atomic E-state index is 0.149. The highest BCUT2D eigenvalue weighted by atomic mass is 16.7. The number of nitrogens with one attached hydrogen (secondary N) is 2. The predicted molar refractivity (Wildman–Crippen MR) is 101 cm³/mol. The molecule has 1 heterocycles. The monoisotopic (exact) mass is 386 g/mol. The highest BCUT2D eigenvalue weighted by molar-refractivity contribution is 5.95. The van der Waals surface area contributed by atoms with Crippen LogP contribution in [0.2, 0.25) is 0 Å². The third-order valence-corrected chi connectivity index (χ3v) is 4.18. The standard InChI is InChI=1S/C20H22N2O6/c1-25-15-5-3-13(9-17(15)26-2)10-19(23)21-7-8-22-20(24)14-4-6-16-18(11-14)28-12-27-16/h3-6,9,11H,7-8,10,12H2,1-2H3,(H,21,23)(H,22,24). The molecule has 0 saturated heterocycles. The van der Waals surface area contributed by atoms with Gasteiger partial charge in [0.15, 0.2) is 23.0 Å². The highest BCUT2D eigenvalue weighted by Gasteiger charge is 2.16. The van der Waals surface area contributed by atoms with Crippen LogP contribution in [0.4, 0.5) is 0 Å². The van der Waals surface area contributed by atoms with Gasteiger partial charge in [0.2, 0.25) is 12.7 Å². The molecule has 0 radical (unpaired) electrons. The smallest absolute Gasteiger partial charge is 0.251 e.